The minimum Gasteiger partial charge on any atom is -0.507 e. The molecule has 0 heterocycles. The number of aromatic hydroxyl groups is 3. The van der Waals surface area contributed by atoms with Crippen molar-refractivity contribution in [2.45, 2.75) is 26.7 Å². The van der Waals surface area contributed by atoms with Crippen molar-refractivity contribution < 1.29 is 30.0 Å². The number of carboxylic acid groups (broad SMARTS) is 1. The van der Waals surface area contributed by atoms with E-state index >= 15 is 0 Å². The van der Waals surface area contributed by atoms with Gasteiger partial charge in [0.25, 0.3) is 0 Å². The number of carbonyl (C=O) groups excluding carboxylic acids is 1. The van der Waals surface area contributed by atoms with Crippen LogP contribution >= 0.6 is 0 Å². The molecule has 0 spiro atoms. The predicted molar refractivity (Wildman–Crippen MR) is 80.2 cm³/mol. The van der Waals surface area contributed by atoms with Crippen LogP contribution in [-0.4, -0.2) is 32.2 Å². The third-order valence-corrected chi connectivity index (χ3v) is 3.06. The van der Waals surface area contributed by atoms with Crippen LogP contribution in [-0.2, 0) is 4.79 Å². The van der Waals surface area contributed by atoms with E-state index in [0.29, 0.717) is 18.4 Å². The zero-order chi connectivity index (χ0) is 16.9. The summed E-state index contributed by atoms with van der Waals surface area (Å²) < 4.78 is 0. The van der Waals surface area contributed by atoms with Crippen molar-refractivity contribution in [2.24, 2.45) is 0 Å². The lowest BCUT2D eigenvalue weighted by atomic mass is 10.0. The largest absolute Gasteiger partial charge is 0.507 e. The number of carboxylic acids is 1. The SMILES string of the molecule is C/C(=C\C(=O)c1cc(O)c(O)cc1O)CC/C=C(\C)C(=O)O. The van der Waals surface area contributed by atoms with Gasteiger partial charge in [-0.1, -0.05) is 11.6 Å². The molecule has 6 heteroatoms. The summed E-state index contributed by atoms with van der Waals surface area (Å²) in [5, 5.41) is 36.9. The number of phenolic OH excluding ortho intramolecular Hbond substituents is 3. The second-order valence-corrected chi connectivity index (χ2v) is 4.94. The Morgan fingerprint density at radius 1 is 1.05 bits per heavy atom. The van der Waals surface area contributed by atoms with Gasteiger partial charge in [-0.3, -0.25) is 4.79 Å². The zero-order valence-electron chi connectivity index (χ0n) is 12.3. The maximum absolute atomic E-state index is 12.0. The van der Waals surface area contributed by atoms with Gasteiger partial charge in [0.15, 0.2) is 17.3 Å². The summed E-state index contributed by atoms with van der Waals surface area (Å²) in [7, 11) is 0. The second-order valence-electron chi connectivity index (χ2n) is 4.94. The van der Waals surface area contributed by atoms with Crippen molar-refractivity contribution in [2.75, 3.05) is 0 Å². The Bertz CT molecular complexity index is 655. The van der Waals surface area contributed by atoms with Crippen LogP contribution in [0.5, 0.6) is 17.2 Å². The third-order valence-electron chi connectivity index (χ3n) is 3.06. The van der Waals surface area contributed by atoms with Gasteiger partial charge in [0.05, 0.1) is 5.56 Å². The standard InChI is InChI=1S/C16H18O6/c1-9(4-3-5-10(2)16(21)22)6-12(17)11-7-14(19)15(20)8-13(11)18/h5-8,18-20H,3-4H2,1-2H3,(H,21,22)/b9-6+,10-5+. The van der Waals surface area contributed by atoms with E-state index in [1.165, 1.54) is 13.0 Å². The highest BCUT2D eigenvalue weighted by atomic mass is 16.4. The lowest BCUT2D eigenvalue weighted by Gasteiger charge is -2.05. The van der Waals surface area contributed by atoms with Crippen molar-refractivity contribution in [1.82, 2.24) is 0 Å². The van der Waals surface area contributed by atoms with Gasteiger partial charge in [-0.25, -0.2) is 4.79 Å². The average Bonchev–Trinajstić information content (AvgIpc) is 2.42. The molecule has 1 aromatic carbocycles. The molecule has 0 aliphatic heterocycles. The molecule has 6 nitrogen and oxygen atoms in total. The monoisotopic (exact) mass is 306 g/mol. The fourth-order valence-corrected chi connectivity index (χ4v) is 1.74. The van der Waals surface area contributed by atoms with Crippen LogP contribution in [0.4, 0.5) is 0 Å². The highest BCUT2D eigenvalue weighted by Gasteiger charge is 2.13. The third kappa shape index (κ3) is 4.66. The van der Waals surface area contributed by atoms with Crippen LogP contribution in [0.1, 0.15) is 37.0 Å². The predicted octanol–water partition coefficient (Wildman–Crippen LogP) is 2.74. The van der Waals surface area contributed by atoms with Crippen LogP contribution in [0.3, 0.4) is 0 Å². The van der Waals surface area contributed by atoms with Crippen molar-refractivity contribution in [1.29, 1.82) is 0 Å². The molecule has 22 heavy (non-hydrogen) atoms. The number of phenols is 3. The first-order chi connectivity index (χ1) is 10.2. The number of aliphatic carboxylic acids is 1. The first-order valence-corrected chi connectivity index (χ1v) is 6.59. The Balaban J connectivity index is 2.80. The number of rotatable bonds is 6. The van der Waals surface area contributed by atoms with E-state index in [1.54, 1.807) is 13.0 Å². The van der Waals surface area contributed by atoms with Gasteiger partial charge in [-0.05, 0) is 38.8 Å². The summed E-state index contributed by atoms with van der Waals surface area (Å²) in [6.07, 6.45) is 3.82. The molecule has 1 rings (SSSR count). The van der Waals surface area contributed by atoms with Gasteiger partial charge < -0.3 is 20.4 Å². The van der Waals surface area contributed by atoms with Gasteiger partial charge in [0, 0.05) is 11.6 Å². The Kier molecular flexibility index (Phi) is 5.74. The fraction of sp³-hybridized carbons (Fsp3) is 0.250. The lowest BCUT2D eigenvalue weighted by molar-refractivity contribution is -0.132. The van der Waals surface area contributed by atoms with Crippen molar-refractivity contribution in [3.63, 3.8) is 0 Å². The van der Waals surface area contributed by atoms with E-state index < -0.39 is 29.0 Å². The van der Waals surface area contributed by atoms with Crippen LogP contribution in [0.25, 0.3) is 0 Å². The van der Waals surface area contributed by atoms with Gasteiger partial charge in [0.2, 0.25) is 0 Å². The molecule has 4 N–H and O–H groups in total. The Morgan fingerprint density at radius 3 is 2.23 bits per heavy atom. The quantitative estimate of drug-likeness (QED) is 0.278. The Hall–Kier alpha value is -2.76. The first-order valence-electron chi connectivity index (χ1n) is 6.59. The summed E-state index contributed by atoms with van der Waals surface area (Å²) in [5.41, 5.74) is 0.818. The lowest BCUT2D eigenvalue weighted by Crippen LogP contribution is -1.97. The minimum atomic E-state index is -0.984. The number of hydrogen-bond acceptors (Lipinski definition) is 5. The average molecular weight is 306 g/mol. The molecule has 0 saturated carbocycles. The topological polar surface area (TPSA) is 115 Å². The highest BCUT2D eigenvalue weighted by Crippen LogP contribution is 2.32. The summed E-state index contributed by atoms with van der Waals surface area (Å²) in [5.74, 6) is -2.92. The van der Waals surface area contributed by atoms with E-state index in [0.717, 1.165) is 12.1 Å². The number of ketones is 1. The molecular formula is C16H18O6. The summed E-state index contributed by atoms with van der Waals surface area (Å²) in [6.45, 7) is 3.20. The molecule has 1 aromatic rings. The van der Waals surface area contributed by atoms with Crippen LogP contribution in [0.2, 0.25) is 0 Å². The number of hydrogen-bond donors (Lipinski definition) is 4. The molecule has 0 amide bonds. The van der Waals surface area contributed by atoms with Crippen LogP contribution in [0.15, 0.2) is 35.4 Å². The normalized spacial score (nSPS) is 12.3. The molecule has 0 bridgehead atoms. The molecule has 0 saturated heterocycles. The Labute approximate surface area is 127 Å². The number of benzene rings is 1. The smallest absolute Gasteiger partial charge is 0.330 e. The Morgan fingerprint density at radius 2 is 1.64 bits per heavy atom. The van der Waals surface area contributed by atoms with E-state index in [1.807, 2.05) is 0 Å². The van der Waals surface area contributed by atoms with E-state index in [9.17, 15) is 24.9 Å². The van der Waals surface area contributed by atoms with Gasteiger partial charge in [-0.15, -0.1) is 0 Å². The molecular weight excluding hydrogens is 288 g/mol. The number of allylic oxidation sites excluding steroid dienone is 3. The summed E-state index contributed by atoms with van der Waals surface area (Å²) in [4.78, 5) is 22.6. The van der Waals surface area contributed by atoms with Crippen LogP contribution < -0.4 is 0 Å². The molecule has 0 aliphatic carbocycles. The maximum Gasteiger partial charge on any atom is 0.330 e. The van der Waals surface area contributed by atoms with E-state index in [4.69, 9.17) is 5.11 Å². The van der Waals surface area contributed by atoms with E-state index in [-0.39, 0.29) is 11.1 Å². The number of carbonyl (C=O) groups is 2. The van der Waals surface area contributed by atoms with Gasteiger partial charge in [0.1, 0.15) is 5.75 Å². The van der Waals surface area contributed by atoms with Crippen molar-refractivity contribution >= 4 is 11.8 Å². The summed E-state index contributed by atoms with van der Waals surface area (Å²) in [6, 6.07) is 1.88. The van der Waals surface area contributed by atoms with Gasteiger partial charge >= 0.3 is 5.97 Å². The molecule has 118 valence electrons. The van der Waals surface area contributed by atoms with Crippen molar-refractivity contribution in [3.8, 4) is 17.2 Å². The van der Waals surface area contributed by atoms with Crippen LogP contribution in [0, 0.1) is 0 Å². The molecule has 0 unspecified atom stereocenters. The highest BCUT2D eigenvalue weighted by molar-refractivity contribution is 6.07. The van der Waals surface area contributed by atoms with Gasteiger partial charge in [-0.2, -0.15) is 0 Å². The fourth-order valence-electron chi connectivity index (χ4n) is 1.74. The maximum atomic E-state index is 12.0. The molecule has 0 atom stereocenters. The molecule has 0 radical (unpaired) electrons. The minimum absolute atomic E-state index is 0.119. The second kappa shape index (κ2) is 7.31. The zero-order valence-corrected chi connectivity index (χ0v) is 12.3. The summed E-state index contributed by atoms with van der Waals surface area (Å²) >= 11 is 0. The molecule has 0 fully saturated rings. The van der Waals surface area contributed by atoms with Crippen molar-refractivity contribution in [3.05, 3.63) is 41.0 Å². The molecule has 0 aliphatic rings. The molecule has 0 aromatic heterocycles. The van der Waals surface area contributed by atoms with E-state index in [2.05, 4.69) is 0 Å². The first kappa shape index (κ1) is 17.3.